The highest BCUT2D eigenvalue weighted by Gasteiger charge is 2.43. The van der Waals surface area contributed by atoms with Crippen LogP contribution in [0.15, 0.2) is 24.5 Å². The Bertz CT molecular complexity index is 527. The maximum Gasteiger partial charge on any atom is 0.248 e. The SMILES string of the molecule is O=C(CO)N1CCOCC2(CC(CNc3cccnc3)CO2)C1. The van der Waals surface area contributed by atoms with Crippen molar-refractivity contribution in [3.05, 3.63) is 24.5 Å². The smallest absolute Gasteiger partial charge is 0.248 e. The molecule has 2 N–H and O–H groups in total. The van der Waals surface area contributed by atoms with E-state index in [1.807, 2.05) is 12.1 Å². The third kappa shape index (κ3) is 3.99. The van der Waals surface area contributed by atoms with Crippen molar-refractivity contribution in [3.63, 3.8) is 0 Å². The Hall–Kier alpha value is -1.70. The van der Waals surface area contributed by atoms with E-state index in [1.165, 1.54) is 0 Å². The first kappa shape index (κ1) is 16.2. The summed E-state index contributed by atoms with van der Waals surface area (Å²) in [4.78, 5) is 17.5. The van der Waals surface area contributed by atoms with Crippen LogP contribution in [0, 0.1) is 5.92 Å². The quantitative estimate of drug-likeness (QED) is 0.819. The normalized spacial score (nSPS) is 27.9. The van der Waals surface area contributed by atoms with E-state index in [0.29, 0.717) is 38.8 Å². The second kappa shape index (κ2) is 7.25. The molecule has 7 nitrogen and oxygen atoms in total. The van der Waals surface area contributed by atoms with Crippen LogP contribution >= 0.6 is 0 Å². The lowest BCUT2D eigenvalue weighted by atomic mass is 9.94. The van der Waals surface area contributed by atoms with Crippen molar-refractivity contribution >= 4 is 11.6 Å². The summed E-state index contributed by atoms with van der Waals surface area (Å²) in [5, 5.41) is 12.4. The molecule has 126 valence electrons. The van der Waals surface area contributed by atoms with Crippen molar-refractivity contribution in [2.75, 3.05) is 51.4 Å². The molecule has 0 aromatic carbocycles. The summed E-state index contributed by atoms with van der Waals surface area (Å²) in [7, 11) is 0. The van der Waals surface area contributed by atoms with E-state index in [0.717, 1.165) is 18.7 Å². The minimum absolute atomic E-state index is 0.268. The number of hydrogen-bond donors (Lipinski definition) is 2. The van der Waals surface area contributed by atoms with Gasteiger partial charge in [-0.25, -0.2) is 0 Å². The molecule has 7 heteroatoms. The molecule has 3 rings (SSSR count). The van der Waals surface area contributed by atoms with Gasteiger partial charge in [0.15, 0.2) is 0 Å². The lowest BCUT2D eigenvalue weighted by molar-refractivity contribution is -0.137. The predicted molar refractivity (Wildman–Crippen MR) is 84.0 cm³/mol. The molecule has 0 aliphatic carbocycles. The molecular weight excluding hydrogens is 298 g/mol. The zero-order chi connectivity index (χ0) is 16.1. The van der Waals surface area contributed by atoms with Gasteiger partial charge in [-0.2, -0.15) is 0 Å². The Balaban J connectivity index is 1.57. The number of aromatic nitrogens is 1. The molecule has 0 saturated carbocycles. The molecule has 2 fully saturated rings. The summed E-state index contributed by atoms with van der Waals surface area (Å²) < 4.78 is 11.7. The topological polar surface area (TPSA) is 83.9 Å². The van der Waals surface area contributed by atoms with Gasteiger partial charge in [-0.05, 0) is 18.6 Å². The Kier molecular flexibility index (Phi) is 5.09. The van der Waals surface area contributed by atoms with Crippen molar-refractivity contribution in [3.8, 4) is 0 Å². The van der Waals surface area contributed by atoms with Crippen LogP contribution in [0.3, 0.4) is 0 Å². The van der Waals surface area contributed by atoms with Crippen LogP contribution in [0.1, 0.15) is 6.42 Å². The maximum absolute atomic E-state index is 11.8. The fourth-order valence-electron chi connectivity index (χ4n) is 3.23. The third-order valence-corrected chi connectivity index (χ3v) is 4.38. The fourth-order valence-corrected chi connectivity index (χ4v) is 3.23. The molecule has 1 aromatic rings. The second-order valence-electron chi connectivity index (χ2n) is 6.21. The van der Waals surface area contributed by atoms with E-state index in [2.05, 4.69) is 10.3 Å². The van der Waals surface area contributed by atoms with E-state index in [1.54, 1.807) is 17.3 Å². The van der Waals surface area contributed by atoms with Gasteiger partial charge in [-0.1, -0.05) is 0 Å². The van der Waals surface area contributed by atoms with Crippen molar-refractivity contribution in [1.29, 1.82) is 0 Å². The van der Waals surface area contributed by atoms with E-state index < -0.39 is 12.2 Å². The molecule has 2 aliphatic rings. The number of aliphatic hydroxyl groups excluding tert-OH is 1. The highest BCUT2D eigenvalue weighted by molar-refractivity contribution is 5.77. The van der Waals surface area contributed by atoms with Gasteiger partial charge in [0, 0.05) is 31.4 Å². The average Bonchev–Trinajstić information content (AvgIpc) is 2.86. The molecule has 23 heavy (non-hydrogen) atoms. The minimum atomic E-state index is -0.470. The van der Waals surface area contributed by atoms with Crippen LogP contribution < -0.4 is 5.32 Å². The maximum atomic E-state index is 11.8. The van der Waals surface area contributed by atoms with Gasteiger partial charge >= 0.3 is 0 Å². The van der Waals surface area contributed by atoms with Crippen molar-refractivity contribution in [2.45, 2.75) is 12.0 Å². The summed E-state index contributed by atoms with van der Waals surface area (Å²) in [5.41, 5.74) is 0.533. The number of nitrogens with one attached hydrogen (secondary N) is 1. The van der Waals surface area contributed by atoms with Gasteiger partial charge in [-0.3, -0.25) is 9.78 Å². The molecule has 2 unspecified atom stereocenters. The number of anilines is 1. The summed E-state index contributed by atoms with van der Waals surface area (Å²) in [6.45, 7) is 2.92. The van der Waals surface area contributed by atoms with E-state index in [4.69, 9.17) is 14.6 Å². The Labute approximate surface area is 135 Å². The number of nitrogens with zero attached hydrogens (tertiary/aromatic N) is 2. The number of hydrogen-bond acceptors (Lipinski definition) is 6. The molecule has 1 aromatic heterocycles. The predicted octanol–water partition coefficient (Wildman–Crippen LogP) is 0.120. The van der Waals surface area contributed by atoms with Gasteiger partial charge in [0.25, 0.3) is 0 Å². The molecule has 2 aliphatic heterocycles. The molecular formula is C16H23N3O4. The largest absolute Gasteiger partial charge is 0.387 e. The number of pyridine rings is 1. The Morgan fingerprint density at radius 1 is 1.57 bits per heavy atom. The monoisotopic (exact) mass is 321 g/mol. The van der Waals surface area contributed by atoms with Crippen molar-refractivity contribution in [1.82, 2.24) is 9.88 Å². The number of ether oxygens (including phenoxy) is 2. The summed E-state index contributed by atoms with van der Waals surface area (Å²) in [6.07, 6.45) is 4.37. The van der Waals surface area contributed by atoms with E-state index >= 15 is 0 Å². The Morgan fingerprint density at radius 3 is 3.26 bits per heavy atom. The number of rotatable bonds is 4. The molecule has 2 atom stereocenters. The van der Waals surface area contributed by atoms with Gasteiger partial charge in [0.1, 0.15) is 12.2 Å². The molecule has 0 radical (unpaired) electrons. The third-order valence-electron chi connectivity index (χ3n) is 4.38. The highest BCUT2D eigenvalue weighted by atomic mass is 16.5. The van der Waals surface area contributed by atoms with Crippen LogP contribution in [0.2, 0.25) is 0 Å². The van der Waals surface area contributed by atoms with Gasteiger partial charge in [0.05, 0.1) is 32.1 Å². The highest BCUT2D eigenvalue weighted by Crippen LogP contribution is 2.33. The number of amides is 1. The lowest BCUT2D eigenvalue weighted by Gasteiger charge is -2.30. The van der Waals surface area contributed by atoms with Gasteiger partial charge in [0.2, 0.25) is 5.91 Å². The molecule has 1 amide bonds. The Morgan fingerprint density at radius 2 is 2.48 bits per heavy atom. The number of carbonyl (C=O) groups excluding carboxylic acids is 1. The molecule has 3 heterocycles. The van der Waals surface area contributed by atoms with Crippen LogP contribution in [0.5, 0.6) is 0 Å². The fraction of sp³-hybridized carbons (Fsp3) is 0.625. The first-order chi connectivity index (χ1) is 11.2. The van der Waals surface area contributed by atoms with Crippen molar-refractivity contribution in [2.24, 2.45) is 5.92 Å². The van der Waals surface area contributed by atoms with Gasteiger partial charge in [-0.15, -0.1) is 0 Å². The standard InChI is InChI=1S/C16H23N3O4/c20-9-15(21)19-4-5-22-12-16(11-19)6-13(10-23-16)7-18-14-2-1-3-17-8-14/h1-3,8,13,18,20H,4-7,9-12H2. The number of aliphatic hydroxyl groups is 1. The zero-order valence-electron chi connectivity index (χ0n) is 13.1. The zero-order valence-corrected chi connectivity index (χ0v) is 13.1. The second-order valence-corrected chi connectivity index (χ2v) is 6.21. The van der Waals surface area contributed by atoms with Crippen LogP contribution in [0.4, 0.5) is 5.69 Å². The van der Waals surface area contributed by atoms with Crippen LogP contribution in [0.25, 0.3) is 0 Å². The van der Waals surface area contributed by atoms with Crippen molar-refractivity contribution < 1.29 is 19.4 Å². The minimum Gasteiger partial charge on any atom is -0.387 e. The van der Waals surface area contributed by atoms with Crippen LogP contribution in [-0.4, -0.2) is 72.6 Å². The van der Waals surface area contributed by atoms with E-state index in [-0.39, 0.29) is 5.91 Å². The first-order valence-electron chi connectivity index (χ1n) is 7.95. The average molecular weight is 321 g/mol. The summed E-state index contributed by atoms with van der Waals surface area (Å²) in [5.74, 6) is 0.0818. The van der Waals surface area contributed by atoms with E-state index in [9.17, 15) is 4.79 Å². The molecule has 0 bridgehead atoms. The lowest BCUT2D eigenvalue weighted by Crippen LogP contribution is -2.47. The summed E-state index contributed by atoms with van der Waals surface area (Å²) >= 11 is 0. The first-order valence-corrected chi connectivity index (χ1v) is 7.95. The molecule has 1 spiro atoms. The molecule has 2 saturated heterocycles. The van der Waals surface area contributed by atoms with Crippen LogP contribution in [-0.2, 0) is 14.3 Å². The van der Waals surface area contributed by atoms with Gasteiger partial charge < -0.3 is 24.8 Å². The summed E-state index contributed by atoms with van der Waals surface area (Å²) in [6, 6.07) is 3.88. The number of carbonyl (C=O) groups is 1.